The highest BCUT2D eigenvalue weighted by atomic mass is 16.6. The van der Waals surface area contributed by atoms with Gasteiger partial charge < -0.3 is 25.2 Å². The topological polar surface area (TPSA) is 107 Å². The minimum atomic E-state index is -1.36. The molecule has 76 valence electrons. The zero-order valence-electron chi connectivity index (χ0n) is 6.83. The number of carbonyl (C=O) groups is 1. The summed E-state index contributed by atoms with van der Waals surface area (Å²) >= 11 is 0. The molecule has 6 heteroatoms. The SMILES string of the molecule is O=C1O[C@@H](C(O)C(O)CO)CC1O. The third kappa shape index (κ3) is 2.16. The first kappa shape index (κ1) is 10.4. The lowest BCUT2D eigenvalue weighted by Gasteiger charge is -2.20. The maximum Gasteiger partial charge on any atom is 0.335 e. The summed E-state index contributed by atoms with van der Waals surface area (Å²) in [5, 5.41) is 35.7. The molecule has 4 atom stereocenters. The van der Waals surface area contributed by atoms with Crippen molar-refractivity contribution in [2.24, 2.45) is 0 Å². The zero-order chi connectivity index (χ0) is 10.0. The standard InChI is InChI=1S/C7H12O6/c8-2-4(10)6(11)5-1-3(9)7(12)13-5/h3-6,8-11H,1-2H2/t3?,4?,5-,6?/m1/s1. The fourth-order valence-corrected chi connectivity index (χ4v) is 1.16. The third-order valence-electron chi connectivity index (χ3n) is 1.96. The van der Waals surface area contributed by atoms with Gasteiger partial charge in [0.05, 0.1) is 6.61 Å². The van der Waals surface area contributed by atoms with Crippen molar-refractivity contribution >= 4 is 5.97 Å². The lowest BCUT2D eigenvalue weighted by molar-refractivity contribution is -0.154. The largest absolute Gasteiger partial charge is 0.457 e. The predicted molar refractivity (Wildman–Crippen MR) is 39.6 cm³/mol. The molecule has 1 heterocycles. The van der Waals surface area contributed by atoms with Gasteiger partial charge in [0, 0.05) is 6.42 Å². The van der Waals surface area contributed by atoms with E-state index in [1.165, 1.54) is 0 Å². The van der Waals surface area contributed by atoms with E-state index in [1.54, 1.807) is 0 Å². The summed E-state index contributed by atoms with van der Waals surface area (Å²) in [4.78, 5) is 10.7. The van der Waals surface area contributed by atoms with Crippen molar-refractivity contribution in [1.82, 2.24) is 0 Å². The first-order valence-electron chi connectivity index (χ1n) is 3.91. The molecule has 13 heavy (non-hydrogen) atoms. The Morgan fingerprint density at radius 2 is 2.15 bits per heavy atom. The van der Waals surface area contributed by atoms with Crippen molar-refractivity contribution in [1.29, 1.82) is 0 Å². The summed E-state index contributed by atoms with van der Waals surface area (Å²) in [6.45, 7) is -0.620. The second kappa shape index (κ2) is 4.01. The van der Waals surface area contributed by atoms with E-state index in [-0.39, 0.29) is 6.42 Å². The van der Waals surface area contributed by atoms with Crippen LogP contribution in [0.15, 0.2) is 0 Å². The van der Waals surface area contributed by atoms with Crippen molar-refractivity contribution in [3.63, 3.8) is 0 Å². The van der Waals surface area contributed by atoms with Gasteiger partial charge in [0.2, 0.25) is 0 Å². The lowest BCUT2D eigenvalue weighted by atomic mass is 10.1. The van der Waals surface area contributed by atoms with Crippen LogP contribution >= 0.6 is 0 Å². The molecule has 3 unspecified atom stereocenters. The van der Waals surface area contributed by atoms with Gasteiger partial charge in [0.25, 0.3) is 0 Å². The smallest absolute Gasteiger partial charge is 0.335 e. The zero-order valence-corrected chi connectivity index (χ0v) is 6.83. The maximum absolute atomic E-state index is 10.7. The molecule has 0 aromatic rings. The van der Waals surface area contributed by atoms with Crippen LogP contribution in [0, 0.1) is 0 Å². The highest BCUT2D eigenvalue weighted by Crippen LogP contribution is 2.19. The normalized spacial score (nSPS) is 32.8. The van der Waals surface area contributed by atoms with Crippen LogP contribution in [0.1, 0.15) is 6.42 Å². The molecule has 0 bridgehead atoms. The van der Waals surface area contributed by atoms with Crippen LogP contribution in [0.4, 0.5) is 0 Å². The number of rotatable bonds is 3. The van der Waals surface area contributed by atoms with Crippen molar-refractivity contribution in [2.45, 2.75) is 30.8 Å². The van der Waals surface area contributed by atoms with Gasteiger partial charge in [0.1, 0.15) is 18.3 Å². The molecular weight excluding hydrogens is 180 g/mol. The Balaban J connectivity index is 2.50. The van der Waals surface area contributed by atoms with Crippen LogP contribution in [0.25, 0.3) is 0 Å². The highest BCUT2D eigenvalue weighted by Gasteiger charge is 2.39. The molecule has 1 aliphatic heterocycles. The van der Waals surface area contributed by atoms with Crippen molar-refractivity contribution in [2.75, 3.05) is 6.61 Å². The minimum absolute atomic E-state index is 0.0585. The second-order valence-corrected chi connectivity index (χ2v) is 2.97. The van der Waals surface area contributed by atoms with Gasteiger partial charge >= 0.3 is 5.97 Å². The molecule has 0 aromatic heterocycles. The van der Waals surface area contributed by atoms with Crippen molar-refractivity contribution in [3.05, 3.63) is 0 Å². The van der Waals surface area contributed by atoms with Crippen molar-refractivity contribution < 1.29 is 30.0 Å². The maximum atomic E-state index is 10.7. The number of hydrogen-bond donors (Lipinski definition) is 4. The number of esters is 1. The number of cyclic esters (lactones) is 1. The Hall–Kier alpha value is -0.690. The van der Waals surface area contributed by atoms with Crippen molar-refractivity contribution in [3.8, 4) is 0 Å². The molecule has 1 fully saturated rings. The fraction of sp³-hybridized carbons (Fsp3) is 0.857. The van der Waals surface area contributed by atoms with E-state index in [2.05, 4.69) is 4.74 Å². The molecule has 0 amide bonds. The Bertz CT molecular complexity index is 193. The van der Waals surface area contributed by atoms with Crippen LogP contribution in [-0.2, 0) is 9.53 Å². The summed E-state index contributed by atoms with van der Waals surface area (Å²) in [7, 11) is 0. The summed E-state index contributed by atoms with van der Waals surface area (Å²) in [5.74, 6) is -0.811. The molecule has 4 N–H and O–H groups in total. The lowest BCUT2D eigenvalue weighted by Crippen LogP contribution is -2.39. The quantitative estimate of drug-likeness (QED) is 0.365. The number of hydrogen-bond acceptors (Lipinski definition) is 6. The summed E-state index contributed by atoms with van der Waals surface area (Å²) in [6, 6.07) is 0. The van der Waals surface area contributed by atoms with E-state index < -0.39 is 37.0 Å². The van der Waals surface area contributed by atoms with E-state index in [0.717, 1.165) is 0 Å². The van der Waals surface area contributed by atoms with Crippen LogP contribution in [0.3, 0.4) is 0 Å². The molecule has 1 saturated heterocycles. The Morgan fingerprint density at radius 1 is 1.54 bits per heavy atom. The summed E-state index contributed by atoms with van der Waals surface area (Å²) < 4.78 is 4.55. The first-order valence-corrected chi connectivity index (χ1v) is 3.91. The average Bonchev–Trinajstić information content (AvgIpc) is 2.44. The van der Waals surface area contributed by atoms with Gasteiger partial charge in [-0.05, 0) is 0 Å². The van der Waals surface area contributed by atoms with Gasteiger partial charge in [-0.2, -0.15) is 0 Å². The fourth-order valence-electron chi connectivity index (χ4n) is 1.16. The number of ether oxygens (including phenoxy) is 1. The molecule has 0 radical (unpaired) electrons. The van der Waals surface area contributed by atoms with Crippen LogP contribution in [0.2, 0.25) is 0 Å². The van der Waals surface area contributed by atoms with Gasteiger partial charge in [-0.15, -0.1) is 0 Å². The summed E-state index contributed by atoms with van der Waals surface area (Å²) in [6.07, 6.45) is -4.96. The number of carbonyl (C=O) groups excluding carboxylic acids is 1. The summed E-state index contributed by atoms with van der Waals surface area (Å²) in [5.41, 5.74) is 0. The Kier molecular flexibility index (Phi) is 3.21. The Labute approximate surface area is 74.4 Å². The number of aliphatic hydroxyl groups is 4. The van der Waals surface area contributed by atoms with Gasteiger partial charge in [0.15, 0.2) is 6.10 Å². The monoisotopic (exact) mass is 192 g/mol. The molecule has 0 aromatic carbocycles. The third-order valence-corrected chi connectivity index (χ3v) is 1.96. The molecule has 0 aliphatic carbocycles. The predicted octanol–water partition coefficient (Wildman–Crippen LogP) is -2.62. The molecule has 1 rings (SSSR count). The average molecular weight is 192 g/mol. The van der Waals surface area contributed by atoms with E-state index in [1.807, 2.05) is 0 Å². The van der Waals surface area contributed by atoms with E-state index >= 15 is 0 Å². The van der Waals surface area contributed by atoms with Crippen LogP contribution in [-0.4, -0.2) is 57.4 Å². The molecule has 6 nitrogen and oxygen atoms in total. The van der Waals surface area contributed by atoms with E-state index in [4.69, 9.17) is 15.3 Å². The van der Waals surface area contributed by atoms with Gasteiger partial charge in [-0.1, -0.05) is 0 Å². The molecule has 1 aliphatic rings. The minimum Gasteiger partial charge on any atom is -0.457 e. The first-order chi connectivity index (χ1) is 6.06. The second-order valence-electron chi connectivity index (χ2n) is 2.97. The molecule has 0 spiro atoms. The van der Waals surface area contributed by atoms with E-state index in [9.17, 15) is 9.90 Å². The van der Waals surface area contributed by atoms with Gasteiger partial charge in [-0.25, -0.2) is 4.79 Å². The highest BCUT2D eigenvalue weighted by molar-refractivity contribution is 5.76. The van der Waals surface area contributed by atoms with Crippen LogP contribution < -0.4 is 0 Å². The molecule has 0 saturated carbocycles. The van der Waals surface area contributed by atoms with E-state index in [0.29, 0.717) is 0 Å². The number of aliphatic hydroxyl groups excluding tert-OH is 4. The Morgan fingerprint density at radius 3 is 2.54 bits per heavy atom. The van der Waals surface area contributed by atoms with Gasteiger partial charge in [-0.3, -0.25) is 0 Å². The van der Waals surface area contributed by atoms with Crippen LogP contribution in [0.5, 0.6) is 0 Å². The molecular formula is C7H12O6.